The summed E-state index contributed by atoms with van der Waals surface area (Å²) in [5.74, 6) is -0.592. The minimum absolute atomic E-state index is 0.220. The predicted molar refractivity (Wildman–Crippen MR) is 78.9 cm³/mol. The van der Waals surface area contributed by atoms with Gasteiger partial charge < -0.3 is 19.5 Å². The first-order chi connectivity index (χ1) is 9.97. The summed E-state index contributed by atoms with van der Waals surface area (Å²) in [4.78, 5) is 25.0. The van der Waals surface area contributed by atoms with Crippen LogP contribution in [0.2, 0.25) is 0 Å². The van der Waals surface area contributed by atoms with Crippen molar-refractivity contribution in [2.75, 3.05) is 27.3 Å². The van der Waals surface area contributed by atoms with E-state index < -0.39 is 11.9 Å². The summed E-state index contributed by atoms with van der Waals surface area (Å²) in [5, 5.41) is 9.00. The van der Waals surface area contributed by atoms with Crippen LogP contribution < -0.4 is 9.47 Å². The van der Waals surface area contributed by atoms with Crippen molar-refractivity contribution in [3.8, 4) is 11.5 Å². The van der Waals surface area contributed by atoms with Crippen molar-refractivity contribution in [1.29, 1.82) is 0 Å². The van der Waals surface area contributed by atoms with Gasteiger partial charge in [-0.15, -0.1) is 0 Å². The van der Waals surface area contributed by atoms with E-state index in [1.807, 2.05) is 0 Å². The lowest BCUT2D eigenvalue weighted by atomic mass is 10.1. The zero-order valence-corrected chi connectivity index (χ0v) is 13.3. The molecular weight excluding hydrogens is 342 g/mol. The molecule has 0 aromatic heterocycles. The molecule has 1 aliphatic rings. The van der Waals surface area contributed by atoms with Crippen molar-refractivity contribution in [3.05, 3.63) is 22.2 Å². The molecule has 1 amide bonds. The Labute approximate surface area is 130 Å². The van der Waals surface area contributed by atoms with Gasteiger partial charge in [-0.25, -0.2) is 0 Å². The monoisotopic (exact) mass is 357 g/mol. The fourth-order valence-electron chi connectivity index (χ4n) is 2.32. The summed E-state index contributed by atoms with van der Waals surface area (Å²) in [7, 11) is 3.01. The van der Waals surface area contributed by atoms with Crippen molar-refractivity contribution < 1.29 is 24.2 Å². The molecule has 1 unspecified atom stereocenters. The molecule has 6 nitrogen and oxygen atoms in total. The third kappa shape index (κ3) is 3.12. The molecule has 0 bridgehead atoms. The van der Waals surface area contributed by atoms with E-state index in [0.717, 1.165) is 0 Å². The number of amides is 1. The molecule has 1 aromatic rings. The fraction of sp³-hybridized carbons (Fsp3) is 0.429. The number of carboxylic acid groups (broad SMARTS) is 1. The van der Waals surface area contributed by atoms with Crippen LogP contribution in [0.15, 0.2) is 16.6 Å². The highest BCUT2D eigenvalue weighted by molar-refractivity contribution is 9.10. The van der Waals surface area contributed by atoms with Gasteiger partial charge in [0.2, 0.25) is 0 Å². The number of carbonyl (C=O) groups is 2. The highest BCUT2D eigenvalue weighted by Crippen LogP contribution is 2.36. The van der Waals surface area contributed by atoms with Crippen LogP contribution >= 0.6 is 15.9 Å². The summed E-state index contributed by atoms with van der Waals surface area (Å²) >= 11 is 3.34. The predicted octanol–water partition coefficient (Wildman–Crippen LogP) is 2.01. The molecule has 1 N–H and O–H groups in total. The molecule has 2 rings (SSSR count). The molecule has 21 heavy (non-hydrogen) atoms. The highest BCUT2D eigenvalue weighted by Gasteiger charge is 2.31. The van der Waals surface area contributed by atoms with Crippen LogP contribution in [0.25, 0.3) is 0 Å². The number of benzene rings is 1. The SMILES string of the molecule is COc1cc(C(=O)N2CCC(C(=O)O)C2)cc(OC)c1Br. The van der Waals surface area contributed by atoms with Crippen LogP contribution in [0, 0.1) is 5.92 Å². The molecule has 0 saturated carbocycles. The maximum Gasteiger partial charge on any atom is 0.308 e. The van der Waals surface area contributed by atoms with Gasteiger partial charge in [-0.2, -0.15) is 0 Å². The number of methoxy groups -OCH3 is 2. The first kappa shape index (κ1) is 15.6. The molecule has 1 saturated heterocycles. The summed E-state index contributed by atoms with van der Waals surface area (Å²) in [6, 6.07) is 3.23. The summed E-state index contributed by atoms with van der Waals surface area (Å²) < 4.78 is 11.1. The summed E-state index contributed by atoms with van der Waals surface area (Å²) in [5.41, 5.74) is 0.415. The third-order valence-corrected chi connectivity index (χ3v) is 4.30. The first-order valence-electron chi connectivity index (χ1n) is 6.41. The van der Waals surface area contributed by atoms with Gasteiger partial charge in [0.15, 0.2) is 0 Å². The zero-order chi connectivity index (χ0) is 15.6. The maximum atomic E-state index is 12.5. The largest absolute Gasteiger partial charge is 0.495 e. The molecule has 1 aromatic carbocycles. The average Bonchev–Trinajstić information content (AvgIpc) is 2.96. The van der Waals surface area contributed by atoms with Gasteiger partial charge in [-0.3, -0.25) is 9.59 Å². The molecule has 1 aliphatic heterocycles. The van der Waals surface area contributed by atoms with E-state index in [2.05, 4.69) is 15.9 Å². The van der Waals surface area contributed by atoms with E-state index in [1.165, 1.54) is 14.2 Å². The smallest absolute Gasteiger partial charge is 0.308 e. The Balaban J connectivity index is 2.26. The number of ether oxygens (including phenoxy) is 2. The van der Waals surface area contributed by atoms with Crippen LogP contribution in [-0.2, 0) is 4.79 Å². The van der Waals surface area contributed by atoms with E-state index in [9.17, 15) is 9.59 Å². The van der Waals surface area contributed by atoms with E-state index in [4.69, 9.17) is 14.6 Å². The van der Waals surface area contributed by atoms with Gasteiger partial charge >= 0.3 is 5.97 Å². The van der Waals surface area contributed by atoms with Crippen molar-refractivity contribution in [2.45, 2.75) is 6.42 Å². The quantitative estimate of drug-likeness (QED) is 0.891. The first-order valence-corrected chi connectivity index (χ1v) is 7.20. The lowest BCUT2D eigenvalue weighted by molar-refractivity contribution is -0.141. The number of halogens is 1. The topological polar surface area (TPSA) is 76.1 Å². The Kier molecular flexibility index (Phi) is 4.72. The summed E-state index contributed by atoms with van der Waals surface area (Å²) in [6.07, 6.45) is 0.478. The number of carbonyl (C=O) groups excluding carboxylic acids is 1. The number of hydrogen-bond donors (Lipinski definition) is 1. The lowest BCUT2D eigenvalue weighted by Crippen LogP contribution is -2.30. The molecular formula is C14H16BrNO5. The van der Waals surface area contributed by atoms with Gasteiger partial charge in [-0.05, 0) is 34.5 Å². The van der Waals surface area contributed by atoms with E-state index >= 15 is 0 Å². The number of aliphatic carboxylic acids is 1. The van der Waals surface area contributed by atoms with Crippen LogP contribution in [-0.4, -0.2) is 49.2 Å². The lowest BCUT2D eigenvalue weighted by Gasteiger charge is -2.17. The van der Waals surface area contributed by atoms with Gasteiger partial charge in [-0.1, -0.05) is 0 Å². The third-order valence-electron chi connectivity index (χ3n) is 3.52. The Hall–Kier alpha value is -1.76. The van der Waals surface area contributed by atoms with Crippen LogP contribution in [0.1, 0.15) is 16.8 Å². The molecule has 0 spiro atoms. The molecule has 0 radical (unpaired) electrons. The van der Waals surface area contributed by atoms with Crippen LogP contribution in [0.3, 0.4) is 0 Å². The zero-order valence-electron chi connectivity index (χ0n) is 11.8. The number of carboxylic acids is 1. The van der Waals surface area contributed by atoms with E-state index in [0.29, 0.717) is 34.5 Å². The standard InChI is InChI=1S/C14H16BrNO5/c1-20-10-5-9(6-11(21-2)12(10)15)13(17)16-4-3-8(7-16)14(18)19/h5-6,8H,3-4,7H2,1-2H3,(H,18,19). The van der Waals surface area contributed by atoms with Crippen molar-refractivity contribution in [2.24, 2.45) is 5.92 Å². The Bertz CT molecular complexity index is 549. The van der Waals surface area contributed by atoms with Gasteiger partial charge in [0.1, 0.15) is 16.0 Å². The Morgan fingerprint density at radius 1 is 1.29 bits per heavy atom. The molecule has 1 heterocycles. The maximum absolute atomic E-state index is 12.5. The van der Waals surface area contributed by atoms with Crippen molar-refractivity contribution in [3.63, 3.8) is 0 Å². The van der Waals surface area contributed by atoms with Gasteiger partial charge in [0.05, 0.1) is 20.1 Å². The minimum atomic E-state index is -0.865. The minimum Gasteiger partial charge on any atom is -0.495 e. The fourth-order valence-corrected chi connectivity index (χ4v) is 2.87. The molecule has 0 aliphatic carbocycles. The second-order valence-corrected chi connectivity index (χ2v) is 5.56. The number of likely N-dealkylation sites (tertiary alicyclic amines) is 1. The van der Waals surface area contributed by atoms with Crippen molar-refractivity contribution >= 4 is 27.8 Å². The normalized spacial score (nSPS) is 17.7. The number of hydrogen-bond acceptors (Lipinski definition) is 4. The molecule has 114 valence electrons. The van der Waals surface area contributed by atoms with E-state index in [-0.39, 0.29) is 12.5 Å². The summed E-state index contributed by atoms with van der Waals surface area (Å²) in [6.45, 7) is 0.672. The van der Waals surface area contributed by atoms with Crippen molar-refractivity contribution in [1.82, 2.24) is 4.90 Å². The number of rotatable bonds is 4. The second kappa shape index (κ2) is 6.34. The van der Waals surface area contributed by atoms with E-state index in [1.54, 1.807) is 17.0 Å². The van der Waals surface area contributed by atoms with Gasteiger partial charge in [0, 0.05) is 18.7 Å². The highest BCUT2D eigenvalue weighted by atomic mass is 79.9. The van der Waals surface area contributed by atoms with Crippen LogP contribution in [0.4, 0.5) is 0 Å². The van der Waals surface area contributed by atoms with Gasteiger partial charge in [0.25, 0.3) is 5.91 Å². The second-order valence-electron chi connectivity index (χ2n) is 4.77. The Morgan fingerprint density at radius 2 is 1.86 bits per heavy atom. The Morgan fingerprint density at radius 3 is 2.29 bits per heavy atom. The molecule has 1 fully saturated rings. The average molecular weight is 358 g/mol. The molecule has 7 heteroatoms. The number of nitrogens with zero attached hydrogens (tertiary/aromatic N) is 1. The molecule has 1 atom stereocenters. The van der Waals surface area contributed by atoms with Crippen LogP contribution in [0.5, 0.6) is 11.5 Å².